The molecule has 0 aliphatic carbocycles. The first-order valence-corrected chi connectivity index (χ1v) is 6.94. The summed E-state index contributed by atoms with van der Waals surface area (Å²) in [5.41, 5.74) is 0.274. The summed E-state index contributed by atoms with van der Waals surface area (Å²) in [6.07, 6.45) is 0. The van der Waals surface area contributed by atoms with Crippen molar-refractivity contribution in [2.75, 3.05) is 19.7 Å². The monoisotopic (exact) mass is 267 g/mol. The standard InChI is InChI=1S/C14H21NO2S/c1-4-15(11-14(2,3)17)9-13-8-12(10-18-13)6-5-7-16/h8,10,16-17H,4,7,9,11H2,1-3H3. The Hall–Kier alpha value is -0.860. The van der Waals surface area contributed by atoms with Crippen molar-refractivity contribution in [1.29, 1.82) is 0 Å². The Labute approximate surface area is 113 Å². The van der Waals surface area contributed by atoms with E-state index in [1.54, 1.807) is 11.3 Å². The second-order valence-electron chi connectivity index (χ2n) is 4.88. The molecule has 1 rings (SSSR count). The lowest BCUT2D eigenvalue weighted by molar-refractivity contribution is 0.0356. The Bertz CT molecular complexity index is 423. The van der Waals surface area contributed by atoms with E-state index in [2.05, 4.69) is 23.7 Å². The molecule has 1 aromatic rings. The summed E-state index contributed by atoms with van der Waals surface area (Å²) in [5, 5.41) is 20.5. The largest absolute Gasteiger partial charge is 0.389 e. The van der Waals surface area contributed by atoms with Crippen molar-refractivity contribution in [3.8, 4) is 11.8 Å². The fraction of sp³-hybridized carbons (Fsp3) is 0.571. The lowest BCUT2D eigenvalue weighted by Gasteiger charge is -2.27. The Morgan fingerprint density at radius 3 is 2.72 bits per heavy atom. The number of hydrogen-bond donors (Lipinski definition) is 2. The van der Waals surface area contributed by atoms with Crippen molar-refractivity contribution in [3.63, 3.8) is 0 Å². The van der Waals surface area contributed by atoms with Crippen molar-refractivity contribution in [2.45, 2.75) is 32.9 Å². The average Bonchev–Trinajstić information content (AvgIpc) is 2.71. The molecule has 0 atom stereocenters. The molecule has 0 radical (unpaired) electrons. The minimum atomic E-state index is -0.674. The van der Waals surface area contributed by atoms with Gasteiger partial charge in [0, 0.05) is 28.9 Å². The van der Waals surface area contributed by atoms with E-state index in [4.69, 9.17) is 5.11 Å². The topological polar surface area (TPSA) is 43.7 Å². The first kappa shape index (κ1) is 15.2. The SMILES string of the molecule is CCN(Cc1cc(C#CCO)cs1)CC(C)(C)O. The third-order valence-corrected chi connectivity index (χ3v) is 3.32. The highest BCUT2D eigenvalue weighted by atomic mass is 32.1. The molecule has 0 bridgehead atoms. The summed E-state index contributed by atoms with van der Waals surface area (Å²) in [6.45, 7) is 8.01. The van der Waals surface area contributed by atoms with Crippen LogP contribution < -0.4 is 0 Å². The number of rotatable bonds is 5. The lowest BCUT2D eigenvalue weighted by Crippen LogP contribution is -2.37. The van der Waals surface area contributed by atoms with Gasteiger partial charge in [-0.2, -0.15) is 0 Å². The third-order valence-electron chi connectivity index (χ3n) is 2.40. The van der Waals surface area contributed by atoms with Crippen LogP contribution in [0.3, 0.4) is 0 Å². The molecule has 0 saturated heterocycles. The van der Waals surface area contributed by atoms with E-state index in [1.165, 1.54) is 4.88 Å². The second kappa shape index (κ2) is 6.91. The van der Waals surface area contributed by atoms with Crippen LogP contribution in [0.5, 0.6) is 0 Å². The van der Waals surface area contributed by atoms with E-state index in [0.29, 0.717) is 6.54 Å². The molecule has 0 spiro atoms. The molecule has 0 amide bonds. The van der Waals surface area contributed by atoms with Gasteiger partial charge in [-0.1, -0.05) is 18.8 Å². The van der Waals surface area contributed by atoms with Crippen LogP contribution in [0, 0.1) is 11.8 Å². The van der Waals surface area contributed by atoms with Crippen LogP contribution in [0.15, 0.2) is 11.4 Å². The molecule has 0 saturated carbocycles. The highest BCUT2D eigenvalue weighted by molar-refractivity contribution is 7.10. The molecule has 0 aliphatic rings. The number of nitrogens with zero attached hydrogens (tertiary/aromatic N) is 1. The zero-order valence-electron chi connectivity index (χ0n) is 11.2. The maximum Gasteiger partial charge on any atom is 0.104 e. The van der Waals surface area contributed by atoms with Gasteiger partial charge in [0.1, 0.15) is 6.61 Å². The van der Waals surface area contributed by atoms with Crippen LogP contribution in [0.4, 0.5) is 0 Å². The lowest BCUT2D eigenvalue weighted by atomic mass is 10.1. The number of thiophene rings is 1. The molecule has 1 aromatic heterocycles. The fourth-order valence-corrected chi connectivity index (χ4v) is 2.58. The molecule has 2 N–H and O–H groups in total. The van der Waals surface area contributed by atoms with Gasteiger partial charge < -0.3 is 10.2 Å². The summed E-state index contributed by atoms with van der Waals surface area (Å²) >= 11 is 1.66. The number of aliphatic hydroxyl groups is 2. The Kier molecular flexibility index (Phi) is 5.83. The molecule has 3 nitrogen and oxygen atoms in total. The van der Waals surface area contributed by atoms with Gasteiger partial charge in [-0.3, -0.25) is 4.90 Å². The van der Waals surface area contributed by atoms with Gasteiger partial charge >= 0.3 is 0 Å². The molecule has 1 heterocycles. The first-order chi connectivity index (χ1) is 8.44. The van der Waals surface area contributed by atoms with Gasteiger partial charge in [-0.25, -0.2) is 0 Å². The second-order valence-corrected chi connectivity index (χ2v) is 5.87. The summed E-state index contributed by atoms with van der Waals surface area (Å²) < 4.78 is 0. The molecule has 100 valence electrons. The van der Waals surface area contributed by atoms with Crippen molar-refractivity contribution < 1.29 is 10.2 Å². The molecular formula is C14H21NO2S. The minimum Gasteiger partial charge on any atom is -0.389 e. The van der Waals surface area contributed by atoms with Gasteiger partial charge in [-0.05, 0) is 26.5 Å². The maximum atomic E-state index is 9.83. The summed E-state index contributed by atoms with van der Waals surface area (Å²) in [4.78, 5) is 3.43. The van der Waals surface area contributed by atoms with Crippen molar-refractivity contribution in [1.82, 2.24) is 4.90 Å². The van der Waals surface area contributed by atoms with Crippen LogP contribution >= 0.6 is 11.3 Å². The van der Waals surface area contributed by atoms with E-state index in [0.717, 1.165) is 18.7 Å². The minimum absolute atomic E-state index is 0.106. The van der Waals surface area contributed by atoms with Crippen LogP contribution in [0.2, 0.25) is 0 Å². The van der Waals surface area contributed by atoms with E-state index in [-0.39, 0.29) is 6.61 Å². The van der Waals surface area contributed by atoms with E-state index in [1.807, 2.05) is 25.3 Å². The zero-order chi connectivity index (χ0) is 13.6. The smallest absolute Gasteiger partial charge is 0.104 e. The zero-order valence-corrected chi connectivity index (χ0v) is 12.0. The molecule has 0 aromatic carbocycles. The predicted octanol–water partition coefficient (Wildman–Crippen LogP) is 1.68. The molecule has 0 unspecified atom stereocenters. The van der Waals surface area contributed by atoms with Crippen LogP contribution in [0.1, 0.15) is 31.2 Å². The van der Waals surface area contributed by atoms with E-state index in [9.17, 15) is 5.11 Å². The van der Waals surface area contributed by atoms with Gasteiger partial charge in [0.25, 0.3) is 0 Å². The van der Waals surface area contributed by atoms with Crippen molar-refractivity contribution in [3.05, 3.63) is 21.9 Å². The highest BCUT2D eigenvalue weighted by Crippen LogP contribution is 2.17. The quantitative estimate of drug-likeness (QED) is 0.798. The Morgan fingerprint density at radius 1 is 1.44 bits per heavy atom. The summed E-state index contributed by atoms with van der Waals surface area (Å²) in [6, 6.07) is 2.04. The van der Waals surface area contributed by atoms with Crippen molar-refractivity contribution >= 4 is 11.3 Å². The molecule has 0 aliphatic heterocycles. The van der Waals surface area contributed by atoms with Crippen LogP contribution in [-0.2, 0) is 6.54 Å². The van der Waals surface area contributed by atoms with Crippen LogP contribution in [0.25, 0.3) is 0 Å². The first-order valence-electron chi connectivity index (χ1n) is 6.06. The summed E-state index contributed by atoms with van der Waals surface area (Å²) in [5.74, 6) is 5.54. The van der Waals surface area contributed by atoms with Gasteiger partial charge in [0.05, 0.1) is 5.60 Å². The van der Waals surface area contributed by atoms with E-state index >= 15 is 0 Å². The molecular weight excluding hydrogens is 246 g/mol. The fourth-order valence-electron chi connectivity index (χ4n) is 1.72. The van der Waals surface area contributed by atoms with Gasteiger partial charge in [0.15, 0.2) is 0 Å². The molecule has 18 heavy (non-hydrogen) atoms. The summed E-state index contributed by atoms with van der Waals surface area (Å²) in [7, 11) is 0. The maximum absolute atomic E-state index is 9.83. The van der Waals surface area contributed by atoms with E-state index < -0.39 is 5.60 Å². The number of aliphatic hydroxyl groups excluding tert-OH is 1. The molecule has 4 heteroatoms. The normalized spacial score (nSPS) is 11.4. The highest BCUT2D eigenvalue weighted by Gasteiger charge is 2.17. The van der Waals surface area contributed by atoms with Crippen molar-refractivity contribution in [2.24, 2.45) is 0 Å². The van der Waals surface area contributed by atoms with Gasteiger partial charge in [-0.15, -0.1) is 11.3 Å². The Balaban J connectivity index is 2.62. The number of likely N-dealkylation sites (N-methyl/N-ethyl adjacent to an activating group) is 1. The number of hydrogen-bond acceptors (Lipinski definition) is 4. The Morgan fingerprint density at radius 2 is 2.17 bits per heavy atom. The average molecular weight is 267 g/mol. The van der Waals surface area contributed by atoms with Gasteiger partial charge in [0.2, 0.25) is 0 Å². The van der Waals surface area contributed by atoms with Crippen LogP contribution in [-0.4, -0.2) is 40.4 Å². The molecule has 0 fully saturated rings. The predicted molar refractivity (Wildman–Crippen MR) is 75.5 cm³/mol. The third kappa shape index (κ3) is 5.65.